The third-order valence-electron chi connectivity index (χ3n) is 4.56. The average molecular weight is 716 g/mol. The Bertz CT molecular complexity index is 357. The van der Waals surface area contributed by atoms with E-state index >= 15 is 0 Å². The van der Waals surface area contributed by atoms with Crippen LogP contribution in [-0.2, 0) is 0 Å². The molecule has 0 aromatic carbocycles. The van der Waals surface area contributed by atoms with Gasteiger partial charge < -0.3 is 61.3 Å². The molecule has 0 rings (SSSR count). The number of aliphatic hydroxyl groups is 12. The van der Waals surface area contributed by atoms with Crippen LogP contribution in [0.1, 0.15) is 79.1 Å². The Balaban J connectivity index is -0.000000177. The van der Waals surface area contributed by atoms with Crippen molar-refractivity contribution in [2.75, 3.05) is 0 Å². The molecule has 0 aliphatic carbocycles. The van der Waals surface area contributed by atoms with Gasteiger partial charge in [0.2, 0.25) is 0 Å². The molecule has 2 atom stereocenters. The van der Waals surface area contributed by atoms with Crippen LogP contribution in [0.4, 0.5) is 0 Å². The van der Waals surface area contributed by atoms with Crippen molar-refractivity contribution in [1.29, 1.82) is 0 Å². The van der Waals surface area contributed by atoms with E-state index in [9.17, 15) is 0 Å². The van der Waals surface area contributed by atoms with Crippen molar-refractivity contribution in [3.63, 3.8) is 0 Å². The maximum absolute atomic E-state index is 7.72. The van der Waals surface area contributed by atoms with E-state index in [2.05, 4.69) is 27.7 Å². The summed E-state index contributed by atoms with van der Waals surface area (Å²) in [7, 11) is 0. The Morgan fingerprint density at radius 2 is 0.676 bits per heavy atom. The second-order valence-electron chi connectivity index (χ2n) is 7.78. The van der Waals surface area contributed by atoms with E-state index < -0.39 is 23.9 Å². The summed E-state index contributed by atoms with van der Waals surface area (Å²) in [6, 6.07) is 0. The van der Waals surface area contributed by atoms with Gasteiger partial charge in [0, 0.05) is 0 Å². The van der Waals surface area contributed by atoms with Crippen LogP contribution in [0.15, 0.2) is 0 Å². The quantitative estimate of drug-likeness (QED) is 0.0782. The molecule has 34 heavy (non-hydrogen) atoms. The van der Waals surface area contributed by atoms with Gasteiger partial charge in [0.05, 0.1) is 0 Å². The summed E-state index contributed by atoms with van der Waals surface area (Å²) >= 11 is 3.43. The van der Waals surface area contributed by atoms with Crippen LogP contribution in [0.5, 0.6) is 0 Å². The van der Waals surface area contributed by atoms with Gasteiger partial charge in [-0.3, -0.25) is 0 Å². The van der Waals surface area contributed by atoms with Gasteiger partial charge in [-0.05, 0) is 0 Å². The fourth-order valence-electron chi connectivity index (χ4n) is 1.89. The van der Waals surface area contributed by atoms with Gasteiger partial charge in [0.15, 0.2) is 0 Å². The van der Waals surface area contributed by atoms with Crippen LogP contribution in [0.2, 0.25) is 8.87 Å². The summed E-state index contributed by atoms with van der Waals surface area (Å²) < 4.78 is 2.92. The molecule has 0 heterocycles. The van der Waals surface area contributed by atoms with Crippen molar-refractivity contribution in [2.24, 2.45) is 11.8 Å². The molecule has 0 aromatic heterocycles. The van der Waals surface area contributed by atoms with E-state index in [0.29, 0.717) is 0 Å². The smallest absolute Gasteiger partial charge is 0.337 e. The third-order valence-corrected chi connectivity index (χ3v) is 7.86. The second-order valence-corrected chi connectivity index (χ2v) is 10.1. The summed E-state index contributed by atoms with van der Waals surface area (Å²) in [5.74, 6) is -13.5. The minimum atomic E-state index is -3.90. The fraction of sp³-hybridized carbons (Fsp3) is 1.00. The van der Waals surface area contributed by atoms with Gasteiger partial charge in [-0.15, -0.1) is 0 Å². The Morgan fingerprint density at radius 1 is 0.471 bits per heavy atom. The van der Waals surface area contributed by atoms with Crippen LogP contribution < -0.4 is 0 Å². The first-order valence-corrected chi connectivity index (χ1v) is 15.2. The van der Waals surface area contributed by atoms with Gasteiger partial charge in [-0.2, -0.15) is 0 Å². The molecule has 0 spiro atoms. The van der Waals surface area contributed by atoms with E-state index in [1.165, 1.54) is 60.2 Å². The third kappa shape index (κ3) is 27.7. The molecule has 0 aromatic rings. The summed E-state index contributed by atoms with van der Waals surface area (Å²) in [4.78, 5) is 0. The minimum absolute atomic E-state index is 1.04. The molecular formula is C20H46O12Sn2. The van der Waals surface area contributed by atoms with Crippen LogP contribution >= 0.6 is 0 Å². The van der Waals surface area contributed by atoms with Gasteiger partial charge in [0.25, 0.3) is 0 Å². The number of hydrogen-bond donors (Lipinski definition) is 12. The first-order valence-electron chi connectivity index (χ1n) is 11.2. The molecule has 14 heteroatoms. The first kappa shape index (κ1) is 42.2. The fourth-order valence-corrected chi connectivity index (χ4v) is 4.70. The number of unbranched alkanes of at least 4 members (excludes halogenated alkanes) is 2. The first-order chi connectivity index (χ1) is 15.2. The van der Waals surface area contributed by atoms with Crippen molar-refractivity contribution in [2.45, 2.75) is 112 Å². The zero-order valence-corrected chi connectivity index (χ0v) is 26.3. The molecule has 0 amide bonds. The number of rotatable bonds is 12. The largest absolute Gasteiger partial charge is 0.362 e. The zero-order valence-electron chi connectivity index (χ0n) is 20.6. The monoisotopic (exact) mass is 718 g/mol. The van der Waals surface area contributed by atoms with Crippen LogP contribution in [-0.4, -0.2) is 130 Å². The summed E-state index contributed by atoms with van der Waals surface area (Å²) in [6.45, 7) is 9.17. The molecule has 0 aliphatic rings. The topological polar surface area (TPSA) is 243 Å². The van der Waals surface area contributed by atoms with Crippen molar-refractivity contribution >= 4 is 45.0 Å². The van der Waals surface area contributed by atoms with Gasteiger partial charge in [0.1, 0.15) is 0 Å². The SMILES string of the molecule is CCCCC(CC)[CH2][Sn].CCCCC(CC)[CH2][Sn].OC(O)(O)C(O)(O)O.OC(O)(O)C(O)(O)O. The molecule has 0 saturated carbocycles. The normalized spacial score (nSPS) is 13.9. The second kappa shape index (κ2) is 22.1. The van der Waals surface area contributed by atoms with E-state index in [1.807, 2.05) is 0 Å². The Kier molecular flexibility index (Phi) is 27.5. The minimum Gasteiger partial charge on any atom is -0.337 e. The van der Waals surface area contributed by atoms with Crippen LogP contribution in [0.3, 0.4) is 0 Å². The van der Waals surface area contributed by atoms with E-state index in [1.54, 1.807) is 45.0 Å². The molecule has 12 nitrogen and oxygen atoms in total. The summed E-state index contributed by atoms with van der Waals surface area (Å²) in [6.07, 6.45) is 11.3. The molecule has 0 bridgehead atoms. The maximum Gasteiger partial charge on any atom is 0.362 e. The average Bonchev–Trinajstić information content (AvgIpc) is 2.68. The van der Waals surface area contributed by atoms with Gasteiger partial charge in [-0.1, -0.05) is 0 Å². The Labute approximate surface area is 229 Å². The molecule has 206 valence electrons. The maximum atomic E-state index is 7.72. The van der Waals surface area contributed by atoms with E-state index in [0.717, 1.165) is 11.8 Å². The molecule has 0 saturated heterocycles. The van der Waals surface area contributed by atoms with E-state index in [-0.39, 0.29) is 0 Å². The van der Waals surface area contributed by atoms with Crippen LogP contribution in [0.25, 0.3) is 0 Å². The van der Waals surface area contributed by atoms with Gasteiger partial charge >= 0.3 is 169 Å². The van der Waals surface area contributed by atoms with Crippen molar-refractivity contribution < 1.29 is 61.3 Å². The van der Waals surface area contributed by atoms with Crippen molar-refractivity contribution in [1.82, 2.24) is 0 Å². The van der Waals surface area contributed by atoms with Crippen molar-refractivity contribution in [3.05, 3.63) is 0 Å². The summed E-state index contributed by atoms with van der Waals surface area (Å²) in [5, 5.41) is 92.6. The van der Waals surface area contributed by atoms with Crippen molar-refractivity contribution in [3.8, 4) is 0 Å². The molecule has 12 N–H and O–H groups in total. The molecule has 2 unspecified atom stereocenters. The molecule has 0 aliphatic heterocycles. The standard InChI is InChI=1S/2C8H17.2C2H6O6.2Sn/c2*1-4-6-7-8(3)5-2;2*3-1(4,5)2(6,7)8;;/h2*8H,3-7H2,1-2H3;2*3-8H;;. The van der Waals surface area contributed by atoms with Crippen LogP contribution in [0, 0.1) is 11.8 Å². The van der Waals surface area contributed by atoms with E-state index in [4.69, 9.17) is 61.3 Å². The molecule has 6 radical (unpaired) electrons. The predicted molar refractivity (Wildman–Crippen MR) is 125 cm³/mol. The Hall–Kier alpha value is 1.12. The van der Waals surface area contributed by atoms with Gasteiger partial charge in [-0.25, -0.2) is 0 Å². The molecule has 0 fully saturated rings. The summed E-state index contributed by atoms with van der Waals surface area (Å²) in [5.41, 5.74) is 0. The molecular weight excluding hydrogens is 670 g/mol. The zero-order chi connectivity index (χ0) is 28.2. The Morgan fingerprint density at radius 3 is 0.765 bits per heavy atom. The predicted octanol–water partition coefficient (Wildman–Crippen LogP) is -1.93. The number of hydrogen-bond acceptors (Lipinski definition) is 12.